The first kappa shape index (κ1) is 20.0. The molecule has 148 valence electrons. The van der Waals surface area contributed by atoms with Crippen LogP contribution in [0.3, 0.4) is 0 Å². The van der Waals surface area contributed by atoms with Gasteiger partial charge in [0.15, 0.2) is 5.65 Å². The van der Waals surface area contributed by atoms with Crippen LogP contribution in [0.4, 0.5) is 0 Å². The van der Waals surface area contributed by atoms with Crippen molar-refractivity contribution < 1.29 is 9.90 Å². The number of carboxylic acid groups (broad SMARTS) is 1. The molecule has 0 aliphatic heterocycles. The molecule has 30 heavy (non-hydrogen) atoms. The van der Waals surface area contributed by atoms with Gasteiger partial charge in [0.05, 0.1) is 16.1 Å². The van der Waals surface area contributed by atoms with Crippen LogP contribution in [0, 0.1) is 11.3 Å². The molecule has 1 atom stereocenters. The number of fused-ring (bicyclic) bond motifs is 3. The van der Waals surface area contributed by atoms with Gasteiger partial charge in [-0.15, -0.1) is 0 Å². The predicted octanol–water partition coefficient (Wildman–Crippen LogP) is 5.75. The van der Waals surface area contributed by atoms with Crippen LogP contribution in [-0.2, 0) is 4.79 Å². The van der Waals surface area contributed by atoms with E-state index in [0.29, 0.717) is 26.8 Å². The van der Waals surface area contributed by atoms with Gasteiger partial charge < -0.3 is 5.11 Å². The van der Waals surface area contributed by atoms with Crippen molar-refractivity contribution in [3.63, 3.8) is 0 Å². The molecule has 0 amide bonds. The molecule has 1 unspecified atom stereocenters. The number of nitriles is 1. The van der Waals surface area contributed by atoms with Crippen molar-refractivity contribution >= 4 is 58.2 Å². The summed E-state index contributed by atoms with van der Waals surface area (Å²) in [6, 6.07) is 19.0. The number of aliphatic carboxylic acids is 1. The van der Waals surface area contributed by atoms with E-state index < -0.39 is 11.2 Å². The summed E-state index contributed by atoms with van der Waals surface area (Å²) in [5.41, 5.74) is 4.14. The summed E-state index contributed by atoms with van der Waals surface area (Å²) in [7, 11) is 0. The quantitative estimate of drug-likeness (QED) is 0.405. The molecule has 2 heterocycles. The molecule has 1 N–H and O–H groups in total. The van der Waals surface area contributed by atoms with Crippen molar-refractivity contribution in [3.05, 3.63) is 76.3 Å². The van der Waals surface area contributed by atoms with Crippen molar-refractivity contribution in [3.8, 4) is 6.07 Å². The lowest BCUT2D eigenvalue weighted by molar-refractivity contribution is -0.136. The first-order chi connectivity index (χ1) is 14.5. The number of aromatic nitrogens is 2. The van der Waals surface area contributed by atoms with Crippen molar-refractivity contribution in [1.29, 1.82) is 5.26 Å². The molecule has 0 aliphatic carbocycles. The number of para-hydroxylation sites is 2. The summed E-state index contributed by atoms with van der Waals surface area (Å²) in [6.07, 6.45) is 3.73. The molecule has 0 saturated carbocycles. The molecule has 0 aliphatic rings. The zero-order valence-corrected chi connectivity index (χ0v) is 17.5. The monoisotopic (exact) mass is 433 g/mol. The molecule has 0 spiro atoms. The van der Waals surface area contributed by atoms with Crippen LogP contribution >= 0.6 is 23.4 Å². The summed E-state index contributed by atoms with van der Waals surface area (Å²) in [5.74, 6) is -0.903. The van der Waals surface area contributed by atoms with E-state index in [-0.39, 0.29) is 0 Å². The van der Waals surface area contributed by atoms with Gasteiger partial charge in [-0.1, -0.05) is 59.8 Å². The van der Waals surface area contributed by atoms with E-state index in [4.69, 9.17) is 11.6 Å². The van der Waals surface area contributed by atoms with Gasteiger partial charge in [-0.05, 0) is 48.4 Å². The number of halogens is 1. The fraction of sp³-hybridized carbons (Fsp3) is 0.0870. The van der Waals surface area contributed by atoms with E-state index >= 15 is 0 Å². The Morgan fingerprint density at radius 2 is 1.97 bits per heavy atom. The number of nitrogens with zero attached hydrogens (tertiary/aromatic N) is 3. The summed E-state index contributed by atoms with van der Waals surface area (Å²) >= 11 is 7.17. The summed E-state index contributed by atoms with van der Waals surface area (Å²) < 4.78 is 1.86. The van der Waals surface area contributed by atoms with Gasteiger partial charge >= 0.3 is 5.97 Å². The van der Waals surface area contributed by atoms with E-state index in [0.717, 1.165) is 16.6 Å². The van der Waals surface area contributed by atoms with E-state index in [2.05, 4.69) is 11.1 Å². The second-order valence-corrected chi connectivity index (χ2v) is 8.46. The number of rotatable bonds is 5. The lowest BCUT2D eigenvalue weighted by Crippen LogP contribution is -2.12. The zero-order valence-electron chi connectivity index (χ0n) is 15.9. The molecule has 2 aromatic carbocycles. The Kier molecular flexibility index (Phi) is 5.49. The maximum atomic E-state index is 11.5. The van der Waals surface area contributed by atoms with Gasteiger partial charge in [0.2, 0.25) is 0 Å². The minimum absolute atomic E-state index is 0.434. The highest BCUT2D eigenvalue weighted by Gasteiger charge is 2.20. The summed E-state index contributed by atoms with van der Waals surface area (Å²) in [6.45, 7) is 1.64. The van der Waals surface area contributed by atoms with Crippen LogP contribution in [0.2, 0.25) is 5.02 Å². The number of carbonyl (C=O) groups is 1. The third-order valence-electron chi connectivity index (χ3n) is 4.65. The molecule has 4 aromatic rings. The van der Waals surface area contributed by atoms with Crippen molar-refractivity contribution in [2.24, 2.45) is 0 Å². The minimum atomic E-state index is -0.903. The Bertz CT molecular complexity index is 1340. The average Bonchev–Trinajstić information content (AvgIpc) is 3.13. The first-order valence-electron chi connectivity index (χ1n) is 9.15. The Morgan fingerprint density at radius 3 is 2.67 bits per heavy atom. The molecule has 4 rings (SSSR count). The van der Waals surface area contributed by atoms with Crippen LogP contribution in [0.15, 0.2) is 59.6 Å². The summed E-state index contributed by atoms with van der Waals surface area (Å²) in [5, 5.41) is 20.0. The lowest BCUT2D eigenvalue weighted by Gasteiger charge is -2.12. The van der Waals surface area contributed by atoms with Crippen LogP contribution < -0.4 is 0 Å². The van der Waals surface area contributed by atoms with Gasteiger partial charge in [0, 0.05) is 5.02 Å². The number of imidazole rings is 1. The number of hydrogen-bond acceptors (Lipinski definition) is 4. The smallest absolute Gasteiger partial charge is 0.316 e. The number of pyridine rings is 1. The lowest BCUT2D eigenvalue weighted by atomic mass is 10.1. The standard InChI is InChI=1S/C23H16ClN3O2S/c1-14(23(28)29)30-21-12-16(9-6-15-7-10-17(24)11-8-15)18(13-25)22-26-19-4-2-3-5-20(19)27(21)22/h2-12,14H,1H3,(H,28,29). The molecule has 0 radical (unpaired) electrons. The molecule has 0 fully saturated rings. The van der Waals surface area contributed by atoms with E-state index in [9.17, 15) is 15.2 Å². The molecular formula is C23H16ClN3O2S. The summed E-state index contributed by atoms with van der Waals surface area (Å²) in [4.78, 5) is 16.1. The molecule has 5 nitrogen and oxygen atoms in total. The first-order valence-corrected chi connectivity index (χ1v) is 10.4. The number of carboxylic acids is 1. The highest BCUT2D eigenvalue weighted by atomic mass is 35.5. The number of thioether (sulfide) groups is 1. The predicted molar refractivity (Wildman–Crippen MR) is 121 cm³/mol. The largest absolute Gasteiger partial charge is 0.480 e. The third-order valence-corrected chi connectivity index (χ3v) is 6.00. The van der Waals surface area contributed by atoms with Crippen LogP contribution in [0.5, 0.6) is 0 Å². The maximum absolute atomic E-state index is 11.5. The fourth-order valence-corrected chi connectivity index (χ4v) is 4.21. The Hall–Kier alpha value is -3.27. The minimum Gasteiger partial charge on any atom is -0.480 e. The highest BCUT2D eigenvalue weighted by Crippen LogP contribution is 2.32. The number of hydrogen-bond donors (Lipinski definition) is 1. The normalized spacial score (nSPS) is 12.4. The van der Waals surface area contributed by atoms with Gasteiger partial charge in [0.25, 0.3) is 0 Å². The zero-order chi connectivity index (χ0) is 21.3. The maximum Gasteiger partial charge on any atom is 0.316 e. The molecule has 0 saturated heterocycles. The van der Waals surface area contributed by atoms with Gasteiger partial charge in [0.1, 0.15) is 16.9 Å². The third kappa shape index (κ3) is 3.78. The van der Waals surface area contributed by atoms with Gasteiger partial charge in [-0.3, -0.25) is 9.20 Å². The van der Waals surface area contributed by atoms with Gasteiger partial charge in [-0.25, -0.2) is 4.98 Å². The van der Waals surface area contributed by atoms with E-state index in [1.807, 2.05) is 59.0 Å². The van der Waals surface area contributed by atoms with Gasteiger partial charge in [-0.2, -0.15) is 5.26 Å². The Balaban J connectivity index is 1.93. The SMILES string of the molecule is CC(Sc1cc(C=Cc2ccc(Cl)cc2)c(C#N)c2nc3ccccc3n12)C(=O)O. The van der Waals surface area contributed by atoms with Crippen molar-refractivity contribution in [2.45, 2.75) is 17.2 Å². The molecule has 7 heteroatoms. The number of benzene rings is 2. The van der Waals surface area contributed by atoms with Crippen molar-refractivity contribution in [2.75, 3.05) is 0 Å². The average molecular weight is 434 g/mol. The molecule has 2 aromatic heterocycles. The topological polar surface area (TPSA) is 78.4 Å². The van der Waals surface area contributed by atoms with E-state index in [1.54, 1.807) is 19.1 Å². The Morgan fingerprint density at radius 1 is 1.23 bits per heavy atom. The highest BCUT2D eigenvalue weighted by molar-refractivity contribution is 8.00. The van der Waals surface area contributed by atoms with Crippen LogP contribution in [0.25, 0.3) is 28.8 Å². The Labute approximate surface area is 182 Å². The van der Waals surface area contributed by atoms with Crippen LogP contribution in [-0.4, -0.2) is 25.7 Å². The second kappa shape index (κ2) is 8.23. The molecule has 0 bridgehead atoms. The molecular weight excluding hydrogens is 418 g/mol. The fourth-order valence-electron chi connectivity index (χ4n) is 3.14. The van der Waals surface area contributed by atoms with Crippen molar-refractivity contribution in [1.82, 2.24) is 9.38 Å². The second-order valence-electron chi connectivity index (χ2n) is 6.67. The van der Waals surface area contributed by atoms with Crippen LogP contribution in [0.1, 0.15) is 23.6 Å². The van der Waals surface area contributed by atoms with E-state index in [1.165, 1.54) is 11.8 Å².